The van der Waals surface area contributed by atoms with Gasteiger partial charge in [0, 0.05) is 29.3 Å². The molecule has 138 valence electrons. The van der Waals surface area contributed by atoms with Gasteiger partial charge in [0.1, 0.15) is 5.82 Å². The maximum Gasteiger partial charge on any atom is 0.225 e. The van der Waals surface area contributed by atoms with Crippen LogP contribution in [0.25, 0.3) is 11.4 Å². The first-order chi connectivity index (χ1) is 13.3. The predicted octanol–water partition coefficient (Wildman–Crippen LogP) is 5.27. The zero-order valence-electron chi connectivity index (χ0n) is 15.0. The Labute approximate surface area is 167 Å². The number of benzene rings is 1. The second kappa shape index (κ2) is 8.48. The molecule has 0 unspecified atom stereocenters. The maximum absolute atomic E-state index is 4.70. The number of nitrogens with one attached hydrogen (secondary N) is 2. The highest BCUT2D eigenvalue weighted by Crippen LogP contribution is 2.24. The van der Waals surface area contributed by atoms with Gasteiger partial charge in [-0.05, 0) is 42.7 Å². The van der Waals surface area contributed by atoms with Crippen LogP contribution in [0.15, 0.2) is 59.2 Å². The molecule has 1 aliphatic rings. The highest BCUT2D eigenvalue weighted by molar-refractivity contribution is 9.10. The van der Waals surface area contributed by atoms with E-state index < -0.39 is 0 Å². The molecular formula is C21H22BrN5. The minimum Gasteiger partial charge on any atom is -0.366 e. The Morgan fingerprint density at radius 2 is 1.78 bits per heavy atom. The van der Waals surface area contributed by atoms with E-state index in [9.17, 15) is 0 Å². The average molecular weight is 424 g/mol. The number of hydrogen-bond acceptors (Lipinski definition) is 5. The number of halogens is 1. The van der Waals surface area contributed by atoms with E-state index in [1.54, 1.807) is 6.20 Å². The molecule has 2 aromatic heterocycles. The molecule has 0 atom stereocenters. The van der Waals surface area contributed by atoms with Crippen LogP contribution >= 0.6 is 15.9 Å². The molecule has 2 N–H and O–H groups in total. The van der Waals surface area contributed by atoms with Gasteiger partial charge in [0.15, 0.2) is 0 Å². The molecule has 3 aromatic rings. The van der Waals surface area contributed by atoms with Crippen LogP contribution < -0.4 is 10.6 Å². The number of aromatic nitrogens is 3. The lowest BCUT2D eigenvalue weighted by Crippen LogP contribution is -2.17. The van der Waals surface area contributed by atoms with E-state index in [1.165, 1.54) is 31.2 Å². The summed E-state index contributed by atoms with van der Waals surface area (Å²) in [5, 5.41) is 6.92. The maximum atomic E-state index is 4.70. The largest absolute Gasteiger partial charge is 0.366 e. The zero-order chi connectivity index (χ0) is 18.5. The Morgan fingerprint density at radius 1 is 0.963 bits per heavy atom. The monoisotopic (exact) mass is 423 g/mol. The van der Waals surface area contributed by atoms with Crippen molar-refractivity contribution >= 4 is 27.7 Å². The van der Waals surface area contributed by atoms with E-state index in [2.05, 4.69) is 48.7 Å². The van der Waals surface area contributed by atoms with Crippen LogP contribution in [0, 0.1) is 0 Å². The van der Waals surface area contributed by atoms with E-state index in [1.807, 2.05) is 36.4 Å². The molecule has 1 saturated carbocycles. The Morgan fingerprint density at radius 3 is 2.52 bits per heavy atom. The quantitative estimate of drug-likeness (QED) is 0.565. The van der Waals surface area contributed by atoms with E-state index in [4.69, 9.17) is 4.98 Å². The molecule has 0 amide bonds. The normalized spacial score (nSPS) is 14.3. The fourth-order valence-corrected chi connectivity index (χ4v) is 3.56. The Hall–Kier alpha value is -2.47. The van der Waals surface area contributed by atoms with Crippen molar-refractivity contribution in [2.45, 2.75) is 38.3 Å². The predicted molar refractivity (Wildman–Crippen MR) is 113 cm³/mol. The molecular weight excluding hydrogens is 402 g/mol. The molecule has 1 aromatic carbocycles. The van der Waals surface area contributed by atoms with Gasteiger partial charge >= 0.3 is 0 Å². The van der Waals surface area contributed by atoms with Gasteiger partial charge in [-0.1, -0.05) is 47.0 Å². The van der Waals surface area contributed by atoms with Gasteiger partial charge in [-0.2, -0.15) is 4.98 Å². The molecule has 5 nitrogen and oxygen atoms in total. The smallest absolute Gasteiger partial charge is 0.225 e. The molecule has 0 bridgehead atoms. The van der Waals surface area contributed by atoms with Crippen molar-refractivity contribution in [3.05, 3.63) is 64.8 Å². The third-order valence-electron chi connectivity index (χ3n) is 4.73. The third-order valence-corrected chi connectivity index (χ3v) is 5.26. The van der Waals surface area contributed by atoms with Gasteiger partial charge < -0.3 is 10.6 Å². The summed E-state index contributed by atoms with van der Waals surface area (Å²) in [6, 6.07) is 16.6. The van der Waals surface area contributed by atoms with Crippen LogP contribution in [0.4, 0.5) is 11.8 Å². The van der Waals surface area contributed by atoms with E-state index in [0.29, 0.717) is 18.5 Å². The van der Waals surface area contributed by atoms with Gasteiger partial charge in [-0.3, -0.25) is 4.98 Å². The summed E-state index contributed by atoms with van der Waals surface area (Å²) in [6.45, 7) is 0.703. The van der Waals surface area contributed by atoms with Crippen molar-refractivity contribution < 1.29 is 0 Å². The van der Waals surface area contributed by atoms with Crippen molar-refractivity contribution in [3.8, 4) is 11.4 Å². The molecule has 4 rings (SSSR count). The highest BCUT2D eigenvalue weighted by Gasteiger charge is 2.17. The van der Waals surface area contributed by atoms with Crippen molar-refractivity contribution in [1.82, 2.24) is 15.0 Å². The lowest BCUT2D eigenvalue weighted by atomic mass is 10.2. The van der Waals surface area contributed by atoms with Gasteiger partial charge in [-0.25, -0.2) is 4.98 Å². The van der Waals surface area contributed by atoms with Crippen molar-refractivity contribution in [1.29, 1.82) is 0 Å². The Balaban J connectivity index is 1.57. The third kappa shape index (κ3) is 4.83. The molecule has 6 heteroatoms. The molecule has 0 saturated heterocycles. The van der Waals surface area contributed by atoms with Crippen molar-refractivity contribution in [2.75, 3.05) is 10.6 Å². The summed E-state index contributed by atoms with van der Waals surface area (Å²) in [6.07, 6.45) is 6.69. The summed E-state index contributed by atoms with van der Waals surface area (Å²) in [4.78, 5) is 13.8. The van der Waals surface area contributed by atoms with E-state index in [-0.39, 0.29) is 0 Å². The standard InChI is InChI=1S/C21H22BrN5/c22-16-10-8-15(9-11-16)14-24-20-13-19(18-7-3-4-12-23-18)26-21(27-20)25-17-5-1-2-6-17/h3-4,7-13,17H,1-2,5-6,14H2,(H2,24,25,26,27). The minimum atomic E-state index is 0.461. The number of nitrogens with zero attached hydrogens (tertiary/aromatic N) is 3. The van der Waals surface area contributed by atoms with Crippen LogP contribution in [0.1, 0.15) is 31.2 Å². The summed E-state index contributed by atoms with van der Waals surface area (Å²) >= 11 is 3.47. The first kappa shape index (κ1) is 17.9. The first-order valence-electron chi connectivity index (χ1n) is 9.31. The molecule has 1 aliphatic carbocycles. The van der Waals surface area contributed by atoms with Gasteiger partial charge in [0.2, 0.25) is 5.95 Å². The SMILES string of the molecule is Brc1ccc(CNc2cc(-c3ccccn3)nc(NC3CCCC3)n2)cc1. The molecule has 27 heavy (non-hydrogen) atoms. The fourth-order valence-electron chi connectivity index (χ4n) is 3.30. The molecule has 0 aliphatic heterocycles. The second-order valence-electron chi connectivity index (χ2n) is 6.78. The van der Waals surface area contributed by atoms with E-state index in [0.717, 1.165) is 21.7 Å². The van der Waals surface area contributed by atoms with Crippen molar-refractivity contribution in [2.24, 2.45) is 0 Å². The van der Waals surface area contributed by atoms with Crippen molar-refractivity contribution in [3.63, 3.8) is 0 Å². The van der Waals surface area contributed by atoms with Crippen LogP contribution in [0.2, 0.25) is 0 Å². The van der Waals surface area contributed by atoms with Crippen LogP contribution in [0.5, 0.6) is 0 Å². The number of anilines is 2. The molecule has 2 heterocycles. The van der Waals surface area contributed by atoms with E-state index >= 15 is 0 Å². The minimum absolute atomic E-state index is 0.461. The summed E-state index contributed by atoms with van der Waals surface area (Å²) in [5.74, 6) is 1.47. The molecule has 0 radical (unpaired) electrons. The fraction of sp³-hybridized carbons (Fsp3) is 0.286. The van der Waals surface area contributed by atoms with Gasteiger partial charge in [-0.15, -0.1) is 0 Å². The molecule has 0 spiro atoms. The number of rotatable bonds is 6. The highest BCUT2D eigenvalue weighted by atomic mass is 79.9. The Bertz CT molecular complexity index is 877. The lowest BCUT2D eigenvalue weighted by molar-refractivity contribution is 0.744. The van der Waals surface area contributed by atoms with Gasteiger partial charge in [0.25, 0.3) is 0 Å². The summed E-state index contributed by atoms with van der Waals surface area (Å²) < 4.78 is 1.08. The summed E-state index contributed by atoms with van der Waals surface area (Å²) in [7, 11) is 0. The average Bonchev–Trinajstić information content (AvgIpc) is 3.21. The van der Waals surface area contributed by atoms with Crippen LogP contribution in [-0.4, -0.2) is 21.0 Å². The lowest BCUT2D eigenvalue weighted by Gasteiger charge is -2.15. The number of hydrogen-bond donors (Lipinski definition) is 2. The molecule has 1 fully saturated rings. The Kier molecular flexibility index (Phi) is 5.63. The zero-order valence-corrected chi connectivity index (χ0v) is 16.6. The summed E-state index contributed by atoms with van der Waals surface area (Å²) in [5.41, 5.74) is 2.87. The van der Waals surface area contributed by atoms with Crippen LogP contribution in [-0.2, 0) is 6.54 Å². The topological polar surface area (TPSA) is 62.7 Å². The van der Waals surface area contributed by atoms with Crippen LogP contribution in [0.3, 0.4) is 0 Å². The first-order valence-corrected chi connectivity index (χ1v) is 10.1. The second-order valence-corrected chi connectivity index (χ2v) is 7.70. The number of pyridine rings is 1. The van der Waals surface area contributed by atoms with Gasteiger partial charge in [0.05, 0.1) is 11.4 Å².